The number of alkyl halides is 3. The van der Waals surface area contributed by atoms with Crippen LogP contribution in [0.3, 0.4) is 0 Å². The van der Waals surface area contributed by atoms with E-state index in [0.29, 0.717) is 0 Å². The van der Waals surface area contributed by atoms with Crippen LogP contribution in [0.5, 0.6) is 0 Å². The summed E-state index contributed by atoms with van der Waals surface area (Å²) in [6.45, 7) is 0. The first-order valence-electron chi connectivity index (χ1n) is 1.27. The van der Waals surface area contributed by atoms with Crippen molar-refractivity contribution in [3.05, 3.63) is 0 Å². The van der Waals surface area contributed by atoms with Gasteiger partial charge in [0.2, 0.25) is 0 Å². The molecule has 0 N–H and O–H groups in total. The molecule has 10 heavy (non-hydrogen) atoms. The monoisotopic (exact) mass is 180 g/mol. The van der Waals surface area contributed by atoms with Gasteiger partial charge >= 0.3 is 53.9 Å². The van der Waals surface area contributed by atoms with Crippen molar-refractivity contribution in [2.45, 2.75) is 5.51 Å². The van der Waals surface area contributed by atoms with E-state index >= 15 is 0 Å². The fourth-order valence-corrected chi connectivity index (χ4v) is 0. The summed E-state index contributed by atoms with van der Waals surface area (Å²) in [4.78, 5) is 0. The molecule has 0 aromatic rings. The summed E-state index contributed by atoms with van der Waals surface area (Å²) in [5, 5.41) is 0. The molecule has 0 heterocycles. The molecular weight excluding hydrogens is 179 g/mol. The molecule has 0 aliphatic rings. The topological polar surface area (TPSA) is 57.2 Å². The Hall–Kier alpha value is 1.30. The zero-order chi connectivity index (χ0) is 7.00. The molecule has 0 atom stereocenters. The summed E-state index contributed by atoms with van der Waals surface area (Å²) < 4.78 is 58.9. The number of hydrogen-bond acceptors (Lipinski definition) is 3. The molecule has 9 heteroatoms. The van der Waals surface area contributed by atoms with E-state index in [0.717, 1.165) is 0 Å². The molecular formula is CHF3LiNaO3S. The Labute approximate surface area is 89.6 Å². The van der Waals surface area contributed by atoms with Crippen LogP contribution in [0.15, 0.2) is 0 Å². The predicted molar refractivity (Wildman–Crippen MR) is 22.9 cm³/mol. The van der Waals surface area contributed by atoms with Crippen LogP contribution in [-0.2, 0) is 10.1 Å². The molecule has 0 aliphatic heterocycles. The molecule has 0 spiro atoms. The summed E-state index contributed by atoms with van der Waals surface area (Å²) in [5.74, 6) is 0. The standard InChI is InChI=1S/CHF3O3S.Li.Na.H/c2-1(3,4)8(5,6)7;;;/h(H,5,6,7);;;/q;+1;;/p-1. The van der Waals surface area contributed by atoms with Crippen molar-refractivity contribution in [1.82, 2.24) is 0 Å². The Bertz CT molecular complexity index is 173. The summed E-state index contributed by atoms with van der Waals surface area (Å²) in [6.07, 6.45) is 0. The molecule has 0 fully saturated rings. The summed E-state index contributed by atoms with van der Waals surface area (Å²) in [6, 6.07) is 0. The van der Waals surface area contributed by atoms with Crippen LogP contribution in [-0.4, -0.2) is 48.0 Å². The molecule has 52 valence electrons. The molecule has 3 nitrogen and oxygen atoms in total. The third-order valence-corrected chi connectivity index (χ3v) is 0.850. The van der Waals surface area contributed by atoms with Crippen LogP contribution in [0, 0.1) is 0 Å². The minimum atomic E-state index is -6.09. The Balaban J connectivity index is -0.000000245. The number of rotatable bonds is 0. The molecule has 0 aromatic carbocycles. The van der Waals surface area contributed by atoms with E-state index in [1.165, 1.54) is 0 Å². The van der Waals surface area contributed by atoms with Crippen molar-refractivity contribution in [2.75, 3.05) is 0 Å². The zero-order valence-electron chi connectivity index (χ0n) is 4.27. The average molecular weight is 180 g/mol. The average Bonchev–Trinajstić information content (AvgIpc) is 1.25. The van der Waals surface area contributed by atoms with Crippen LogP contribution in [0.25, 0.3) is 0 Å². The first kappa shape index (κ1) is 17.4. The summed E-state index contributed by atoms with van der Waals surface area (Å²) >= 11 is 0. The van der Waals surface area contributed by atoms with Gasteiger partial charge in [0.05, 0.1) is 0 Å². The maximum absolute atomic E-state index is 10.7. The van der Waals surface area contributed by atoms with Gasteiger partial charge in [-0.15, -0.1) is 0 Å². The van der Waals surface area contributed by atoms with Gasteiger partial charge in [0, 0.05) is 0 Å². The minimum absolute atomic E-state index is 0. The van der Waals surface area contributed by atoms with Crippen molar-refractivity contribution < 1.29 is 45.0 Å². The number of halogens is 3. The third-order valence-electron chi connectivity index (χ3n) is 0.283. The number of hydrogen-bond donors (Lipinski definition) is 0. The van der Waals surface area contributed by atoms with Gasteiger partial charge in [0.1, 0.15) is 0 Å². The molecule has 0 saturated carbocycles. The third kappa shape index (κ3) is 6.04. The van der Waals surface area contributed by atoms with E-state index in [4.69, 9.17) is 13.0 Å². The fraction of sp³-hybridized carbons (Fsp3) is 1.00. The second-order valence-corrected chi connectivity index (χ2v) is 2.27. The molecule has 0 unspecified atom stereocenters. The molecule has 0 rings (SSSR count). The summed E-state index contributed by atoms with van der Waals surface area (Å²) in [7, 11) is -6.09. The SMILES string of the molecule is O=S(=O)([O-])C(F)(F)F.[Li+].[NaH]. The van der Waals surface area contributed by atoms with Crippen molar-refractivity contribution in [3.63, 3.8) is 0 Å². The first-order valence-corrected chi connectivity index (χ1v) is 2.68. The van der Waals surface area contributed by atoms with Gasteiger partial charge < -0.3 is 4.55 Å². The maximum atomic E-state index is 10.7. The van der Waals surface area contributed by atoms with Gasteiger partial charge in [-0.25, -0.2) is 8.42 Å². The van der Waals surface area contributed by atoms with Gasteiger partial charge in [0.25, 0.3) is 0 Å². The normalized spacial score (nSPS) is 11.2. The van der Waals surface area contributed by atoms with Gasteiger partial charge in [-0.1, -0.05) is 0 Å². The van der Waals surface area contributed by atoms with E-state index in [2.05, 4.69) is 0 Å². The Morgan fingerprint density at radius 2 is 1.30 bits per heavy atom. The van der Waals surface area contributed by atoms with Crippen molar-refractivity contribution in [2.24, 2.45) is 0 Å². The summed E-state index contributed by atoms with van der Waals surface area (Å²) in [5.41, 5.74) is -5.65. The van der Waals surface area contributed by atoms with E-state index < -0.39 is 15.6 Å². The van der Waals surface area contributed by atoms with E-state index in [9.17, 15) is 13.2 Å². The van der Waals surface area contributed by atoms with Gasteiger partial charge in [-0.05, 0) is 0 Å². The molecule has 0 aromatic heterocycles. The predicted octanol–water partition coefficient (Wildman–Crippen LogP) is -3.59. The Kier molecular flexibility index (Phi) is 8.76. The zero-order valence-corrected chi connectivity index (χ0v) is 5.08. The second-order valence-electron chi connectivity index (χ2n) is 0.900. The van der Waals surface area contributed by atoms with Gasteiger partial charge in [0.15, 0.2) is 10.1 Å². The van der Waals surface area contributed by atoms with Crippen molar-refractivity contribution >= 4 is 39.7 Å². The van der Waals surface area contributed by atoms with Crippen LogP contribution >= 0.6 is 0 Å². The molecule has 0 saturated heterocycles. The Morgan fingerprint density at radius 3 is 1.30 bits per heavy atom. The van der Waals surface area contributed by atoms with Crippen LogP contribution in [0.2, 0.25) is 0 Å². The second kappa shape index (κ2) is 5.03. The Morgan fingerprint density at radius 1 is 1.20 bits per heavy atom. The van der Waals surface area contributed by atoms with Gasteiger partial charge in [-0.3, -0.25) is 0 Å². The molecule has 0 bridgehead atoms. The van der Waals surface area contributed by atoms with Gasteiger partial charge in [-0.2, -0.15) is 13.2 Å². The van der Waals surface area contributed by atoms with Crippen molar-refractivity contribution in [3.8, 4) is 0 Å². The van der Waals surface area contributed by atoms with E-state index in [1.807, 2.05) is 0 Å². The van der Waals surface area contributed by atoms with Crippen LogP contribution in [0.4, 0.5) is 13.2 Å². The fourth-order valence-electron chi connectivity index (χ4n) is 0. The molecule has 0 radical (unpaired) electrons. The van der Waals surface area contributed by atoms with Crippen LogP contribution in [0.1, 0.15) is 0 Å². The molecule has 0 amide bonds. The van der Waals surface area contributed by atoms with E-state index in [1.54, 1.807) is 0 Å². The van der Waals surface area contributed by atoms with Crippen molar-refractivity contribution in [1.29, 1.82) is 0 Å². The quantitative estimate of drug-likeness (QED) is 0.220. The first-order chi connectivity index (χ1) is 3.25. The molecule has 0 aliphatic carbocycles. The van der Waals surface area contributed by atoms with Crippen LogP contribution < -0.4 is 18.9 Å². The van der Waals surface area contributed by atoms with E-state index in [-0.39, 0.29) is 48.4 Å².